The fraction of sp³-hybridized carbons (Fsp3) is 0.917. The molecule has 0 fully saturated rings. The topological polar surface area (TPSA) is 68.6 Å². The molecule has 0 radical (unpaired) electrons. The smallest absolute Gasteiger partial charge is 0.374 e. The molecule has 0 amide bonds. The Morgan fingerprint density at radius 2 is 1.33 bits per heavy atom. The highest BCUT2D eigenvalue weighted by molar-refractivity contribution is 6.60. The lowest BCUT2D eigenvalue weighted by Crippen LogP contribution is -2.45. The average molecular weight is 277 g/mol. The van der Waals surface area contributed by atoms with Crippen LogP contribution in [-0.4, -0.2) is 34.7 Å². The summed E-state index contributed by atoms with van der Waals surface area (Å²) in [6, 6.07) is 0.955. The van der Waals surface area contributed by atoms with E-state index in [4.69, 9.17) is 23.5 Å². The third kappa shape index (κ3) is 10.6. The van der Waals surface area contributed by atoms with Crippen molar-refractivity contribution < 1.29 is 18.1 Å². The first-order valence-corrected chi connectivity index (χ1v) is 8.55. The summed E-state index contributed by atoms with van der Waals surface area (Å²) < 4.78 is 17.3. The molecule has 0 saturated heterocycles. The number of hydrogen-bond acceptors (Lipinski definition) is 5. The lowest BCUT2D eigenvalue weighted by atomic mass is 10.3. The highest BCUT2D eigenvalue weighted by atomic mass is 28.4. The number of rotatable bonds is 10. The molecule has 0 saturated carbocycles. The summed E-state index contributed by atoms with van der Waals surface area (Å²) in [6.07, 6.45) is 4.33. The van der Waals surface area contributed by atoms with E-state index < -0.39 is 8.80 Å². The maximum atomic E-state index is 8.35. The van der Waals surface area contributed by atoms with Crippen molar-refractivity contribution in [2.45, 2.75) is 53.0 Å². The van der Waals surface area contributed by atoms with E-state index in [1.54, 1.807) is 0 Å². The Hall–Kier alpha value is -0.523. The normalized spacial score (nSPS) is 10.4. The van der Waals surface area contributed by atoms with Gasteiger partial charge in [0.25, 0.3) is 0 Å². The zero-order valence-corrected chi connectivity index (χ0v) is 13.1. The van der Waals surface area contributed by atoms with Crippen LogP contribution >= 0.6 is 0 Å². The molecule has 0 aliphatic carbocycles. The van der Waals surface area contributed by atoms with Gasteiger partial charge in [-0.05, 0) is 27.2 Å². The quantitative estimate of drug-likeness (QED) is 0.288. The van der Waals surface area contributed by atoms with E-state index in [2.05, 4.69) is 6.92 Å². The van der Waals surface area contributed by atoms with E-state index in [1.807, 2.05) is 20.8 Å². The van der Waals surface area contributed by atoms with Crippen molar-refractivity contribution in [3.63, 3.8) is 0 Å². The van der Waals surface area contributed by atoms with Crippen molar-refractivity contribution in [2.24, 2.45) is 0 Å². The van der Waals surface area contributed by atoms with E-state index in [-0.39, 0.29) is 0 Å². The van der Waals surface area contributed by atoms with Gasteiger partial charge < -0.3 is 13.3 Å². The van der Waals surface area contributed by atoms with Gasteiger partial charge in [-0.3, -0.25) is 0 Å². The van der Waals surface area contributed by atoms with Crippen molar-refractivity contribution in [1.82, 2.24) is 0 Å². The van der Waals surface area contributed by atoms with Gasteiger partial charge in [-0.25, -0.2) is 10.2 Å². The molecule has 18 heavy (non-hydrogen) atoms. The molecule has 0 spiro atoms. The predicted molar refractivity (Wildman–Crippen MR) is 73.4 cm³/mol. The van der Waals surface area contributed by atoms with E-state index >= 15 is 0 Å². The molecular weight excluding hydrogens is 250 g/mol. The molecule has 0 heterocycles. The Bertz CT molecular complexity index is 191. The van der Waals surface area contributed by atoms with E-state index in [0.717, 1.165) is 18.5 Å². The van der Waals surface area contributed by atoms with Gasteiger partial charge in [0.05, 0.1) is 0 Å². The summed E-state index contributed by atoms with van der Waals surface area (Å²) in [5.41, 5.74) is 0. The highest BCUT2D eigenvalue weighted by Crippen LogP contribution is 2.19. The molecule has 0 aliphatic rings. The van der Waals surface area contributed by atoms with Crippen LogP contribution < -0.4 is 0 Å². The molecule has 0 aromatic carbocycles. The Kier molecular flexibility index (Phi) is 16.0. The molecule has 6 heteroatoms. The number of isocyanates is 1. The van der Waals surface area contributed by atoms with Crippen LogP contribution in [-0.2, 0) is 18.1 Å². The van der Waals surface area contributed by atoms with Gasteiger partial charge in [-0.1, -0.05) is 19.8 Å². The minimum Gasteiger partial charge on any atom is -0.374 e. The molecule has 0 aliphatic heterocycles. The fourth-order valence-electron chi connectivity index (χ4n) is 1.59. The van der Waals surface area contributed by atoms with E-state index in [1.165, 1.54) is 12.8 Å². The summed E-state index contributed by atoms with van der Waals surface area (Å²) in [6.45, 7) is 10.2. The number of unbranched alkanes of at least 4 members (excludes halogenated alkanes) is 2. The van der Waals surface area contributed by atoms with Crippen LogP contribution in [0.15, 0.2) is 0 Å². The Balaban J connectivity index is 0. The van der Waals surface area contributed by atoms with Crippen LogP contribution in [0.1, 0.15) is 47.0 Å². The molecule has 5 nitrogen and oxygen atoms in total. The highest BCUT2D eigenvalue weighted by Gasteiger charge is 2.39. The molecule has 0 bridgehead atoms. The van der Waals surface area contributed by atoms with Crippen LogP contribution in [0.2, 0.25) is 6.04 Å². The van der Waals surface area contributed by atoms with Gasteiger partial charge in [0.2, 0.25) is 6.08 Å². The first kappa shape index (κ1) is 19.8. The summed E-state index contributed by atoms with van der Waals surface area (Å²) in [7, 11) is -2.33. The molecule has 1 N–H and O–H groups in total. The van der Waals surface area contributed by atoms with E-state index in [0.29, 0.717) is 19.8 Å². The Morgan fingerprint density at radius 3 is 1.61 bits per heavy atom. The second kappa shape index (κ2) is 14.5. The van der Waals surface area contributed by atoms with Crippen LogP contribution in [0.3, 0.4) is 0 Å². The van der Waals surface area contributed by atoms with Gasteiger partial charge >= 0.3 is 8.80 Å². The van der Waals surface area contributed by atoms with Crippen LogP contribution in [0.5, 0.6) is 0 Å². The van der Waals surface area contributed by atoms with Gasteiger partial charge in [0.1, 0.15) is 0 Å². The van der Waals surface area contributed by atoms with Gasteiger partial charge in [0.15, 0.2) is 0 Å². The molecule has 0 atom stereocenters. The number of hydrogen-bond donors (Lipinski definition) is 1. The maximum Gasteiger partial charge on any atom is 0.500 e. The lowest BCUT2D eigenvalue weighted by molar-refractivity contribution is 0.0707. The predicted octanol–water partition coefficient (Wildman–Crippen LogP) is 3.13. The zero-order valence-electron chi connectivity index (χ0n) is 12.1. The molecule has 0 unspecified atom stereocenters. The first-order valence-electron chi connectivity index (χ1n) is 6.61. The second-order valence-electron chi connectivity index (χ2n) is 3.54. The first-order chi connectivity index (χ1) is 8.66. The van der Waals surface area contributed by atoms with Crippen LogP contribution in [0, 0.1) is 5.41 Å². The minimum atomic E-state index is -2.33. The van der Waals surface area contributed by atoms with Crippen molar-refractivity contribution in [2.75, 3.05) is 19.8 Å². The number of nitrogens with one attached hydrogen (secondary N) is 1. The van der Waals surface area contributed by atoms with Gasteiger partial charge in [-0.2, -0.15) is 0 Å². The average Bonchev–Trinajstić information content (AvgIpc) is 2.31. The van der Waals surface area contributed by atoms with Crippen molar-refractivity contribution >= 4 is 14.9 Å². The molecule has 0 aromatic heterocycles. The zero-order chi connectivity index (χ0) is 14.3. The number of carbonyl (C=O) groups excluding carboxylic acids is 1. The Morgan fingerprint density at radius 1 is 0.944 bits per heavy atom. The van der Waals surface area contributed by atoms with Crippen LogP contribution in [0.25, 0.3) is 0 Å². The monoisotopic (exact) mass is 277 g/mol. The second-order valence-corrected chi connectivity index (χ2v) is 6.27. The van der Waals surface area contributed by atoms with E-state index in [9.17, 15) is 0 Å². The lowest BCUT2D eigenvalue weighted by Gasteiger charge is -2.28. The van der Waals surface area contributed by atoms with Crippen LogP contribution in [0.4, 0.5) is 0 Å². The summed E-state index contributed by atoms with van der Waals surface area (Å²) >= 11 is 0. The van der Waals surface area contributed by atoms with Crippen molar-refractivity contribution in [3.8, 4) is 0 Å². The minimum absolute atomic E-state index is 0.679. The third-order valence-corrected chi connectivity index (χ3v) is 5.33. The van der Waals surface area contributed by atoms with Gasteiger partial charge in [-0.15, -0.1) is 0 Å². The third-order valence-electron chi connectivity index (χ3n) is 2.18. The molecule has 108 valence electrons. The summed E-state index contributed by atoms with van der Waals surface area (Å²) in [5.74, 6) is 0. The van der Waals surface area contributed by atoms with Crippen molar-refractivity contribution in [1.29, 1.82) is 5.41 Å². The summed E-state index contributed by atoms with van der Waals surface area (Å²) in [5, 5.41) is 5.40. The maximum absolute atomic E-state index is 8.35. The largest absolute Gasteiger partial charge is 0.500 e. The SMILES string of the molecule is CCCCC[Si](OCC)(OCC)OCC.N=C=O. The molecule has 0 rings (SSSR count). The van der Waals surface area contributed by atoms with Crippen molar-refractivity contribution in [3.05, 3.63) is 0 Å². The molecule has 0 aromatic rings. The summed E-state index contributed by atoms with van der Waals surface area (Å²) in [4.78, 5) is 8.35. The fourth-order valence-corrected chi connectivity index (χ4v) is 4.28. The Labute approximate surface area is 112 Å². The standard InChI is InChI=1S/C11H26O3Si.CHNO/c1-5-9-10-11-15(12-6-2,13-7-3)14-8-4;2-1-3/h5-11H2,1-4H3;2H. The molecular formula is C12H27NO4Si. The van der Waals surface area contributed by atoms with Gasteiger partial charge in [0, 0.05) is 25.9 Å².